The molecule has 3 aromatic carbocycles. The van der Waals surface area contributed by atoms with Crippen molar-refractivity contribution < 1.29 is 14.6 Å². The Morgan fingerprint density at radius 3 is 2.62 bits per heavy atom. The molecule has 1 N–H and O–H groups in total. The molecule has 1 aliphatic heterocycles. The van der Waals surface area contributed by atoms with Crippen molar-refractivity contribution in [3.05, 3.63) is 89.7 Å². The van der Waals surface area contributed by atoms with E-state index in [1.54, 1.807) is 0 Å². The number of benzene rings is 3. The van der Waals surface area contributed by atoms with Gasteiger partial charge in [0.2, 0.25) is 5.91 Å². The standard InChI is InChI=1S/C28H29N3O3/c1-19-9-8-14-26(20(19)2)34-18-23(32)17-31-25-13-7-6-12-24(25)29-28(31)21-15-27(33)30(16-21)22-10-4-3-5-11-22/h3-14,21,23,32H,15-18H2,1-2H3/t21-,23-/m0/s1. The predicted molar refractivity (Wildman–Crippen MR) is 133 cm³/mol. The average molecular weight is 456 g/mol. The van der Waals surface area contributed by atoms with Crippen LogP contribution in [0.3, 0.4) is 0 Å². The van der Waals surface area contributed by atoms with Crippen LogP contribution >= 0.6 is 0 Å². The van der Waals surface area contributed by atoms with Crippen molar-refractivity contribution in [3.8, 4) is 5.75 Å². The number of aromatic nitrogens is 2. The maximum absolute atomic E-state index is 12.8. The second kappa shape index (κ2) is 9.31. The first-order valence-electron chi connectivity index (χ1n) is 11.7. The number of aryl methyl sites for hydroxylation is 1. The van der Waals surface area contributed by atoms with Crippen LogP contribution in [0.2, 0.25) is 0 Å². The van der Waals surface area contributed by atoms with Gasteiger partial charge in [0.1, 0.15) is 24.3 Å². The number of carbonyl (C=O) groups is 1. The number of carbonyl (C=O) groups excluding carboxylic acids is 1. The van der Waals surface area contributed by atoms with Gasteiger partial charge in [0.15, 0.2) is 0 Å². The molecular formula is C28H29N3O3. The van der Waals surface area contributed by atoms with Crippen LogP contribution in [0.4, 0.5) is 5.69 Å². The van der Waals surface area contributed by atoms with Gasteiger partial charge in [-0.2, -0.15) is 0 Å². The van der Waals surface area contributed by atoms with E-state index in [1.807, 2.05) is 91.5 Å². The summed E-state index contributed by atoms with van der Waals surface area (Å²) in [6, 6.07) is 23.6. The number of nitrogens with zero attached hydrogens (tertiary/aromatic N) is 3. The summed E-state index contributed by atoms with van der Waals surface area (Å²) in [6.07, 6.45) is -0.327. The Morgan fingerprint density at radius 2 is 1.79 bits per heavy atom. The van der Waals surface area contributed by atoms with Crippen LogP contribution in [0.5, 0.6) is 5.75 Å². The number of aliphatic hydroxyl groups excluding tert-OH is 1. The van der Waals surface area contributed by atoms with E-state index in [2.05, 4.69) is 4.57 Å². The molecule has 0 bridgehead atoms. The van der Waals surface area contributed by atoms with Gasteiger partial charge in [0.05, 0.1) is 17.6 Å². The number of ether oxygens (including phenoxy) is 1. The number of fused-ring (bicyclic) bond motifs is 1. The van der Waals surface area contributed by atoms with Crippen LogP contribution < -0.4 is 9.64 Å². The van der Waals surface area contributed by atoms with Crippen molar-refractivity contribution in [1.29, 1.82) is 0 Å². The Hall–Kier alpha value is -3.64. The number of amides is 1. The summed E-state index contributed by atoms with van der Waals surface area (Å²) in [6.45, 7) is 5.16. The van der Waals surface area contributed by atoms with Crippen LogP contribution in [0.1, 0.15) is 29.3 Å². The van der Waals surface area contributed by atoms with Crippen molar-refractivity contribution in [2.75, 3.05) is 18.1 Å². The minimum Gasteiger partial charge on any atom is -0.491 e. The van der Waals surface area contributed by atoms with E-state index >= 15 is 0 Å². The third-order valence-corrected chi connectivity index (χ3v) is 6.62. The average Bonchev–Trinajstić information content (AvgIpc) is 3.41. The summed E-state index contributed by atoms with van der Waals surface area (Å²) in [4.78, 5) is 19.6. The fourth-order valence-corrected chi connectivity index (χ4v) is 4.67. The van der Waals surface area contributed by atoms with E-state index in [9.17, 15) is 9.90 Å². The van der Waals surface area contributed by atoms with E-state index in [1.165, 1.54) is 0 Å². The Bertz CT molecular complexity index is 1320. The molecule has 1 fully saturated rings. The van der Waals surface area contributed by atoms with Crippen LogP contribution in [0, 0.1) is 13.8 Å². The summed E-state index contributed by atoms with van der Waals surface area (Å²) in [5, 5.41) is 10.9. The van der Waals surface area contributed by atoms with Crippen LogP contribution in [0.25, 0.3) is 11.0 Å². The number of anilines is 1. The molecule has 34 heavy (non-hydrogen) atoms. The Morgan fingerprint density at radius 1 is 1.03 bits per heavy atom. The molecule has 5 rings (SSSR count). The first-order chi connectivity index (χ1) is 16.5. The molecule has 1 amide bonds. The number of rotatable bonds is 7. The summed E-state index contributed by atoms with van der Waals surface area (Å²) < 4.78 is 8.01. The van der Waals surface area contributed by atoms with Crippen molar-refractivity contribution >= 4 is 22.6 Å². The summed E-state index contributed by atoms with van der Waals surface area (Å²) in [7, 11) is 0. The van der Waals surface area contributed by atoms with Gasteiger partial charge in [0.25, 0.3) is 0 Å². The first-order valence-corrected chi connectivity index (χ1v) is 11.7. The maximum atomic E-state index is 12.8. The van der Waals surface area contributed by atoms with E-state index in [0.717, 1.165) is 39.4 Å². The van der Waals surface area contributed by atoms with Crippen LogP contribution in [-0.2, 0) is 11.3 Å². The molecule has 1 aromatic heterocycles. The minimum atomic E-state index is -0.724. The molecular weight excluding hydrogens is 426 g/mol. The van der Waals surface area contributed by atoms with Gasteiger partial charge in [-0.15, -0.1) is 0 Å². The van der Waals surface area contributed by atoms with Crippen molar-refractivity contribution in [2.24, 2.45) is 0 Å². The molecule has 2 heterocycles. The molecule has 6 nitrogen and oxygen atoms in total. The number of imidazole rings is 1. The van der Waals surface area contributed by atoms with Gasteiger partial charge >= 0.3 is 0 Å². The molecule has 0 saturated carbocycles. The molecule has 174 valence electrons. The molecule has 1 saturated heterocycles. The molecule has 0 radical (unpaired) electrons. The molecule has 4 aromatic rings. The van der Waals surface area contributed by atoms with Crippen LogP contribution in [-0.4, -0.2) is 39.8 Å². The predicted octanol–water partition coefficient (Wildman–Crippen LogP) is 4.61. The van der Waals surface area contributed by atoms with E-state index in [0.29, 0.717) is 19.5 Å². The molecule has 0 unspecified atom stereocenters. The first kappa shape index (κ1) is 22.2. The maximum Gasteiger partial charge on any atom is 0.227 e. The fraction of sp³-hybridized carbons (Fsp3) is 0.286. The number of hydrogen-bond donors (Lipinski definition) is 1. The topological polar surface area (TPSA) is 67.6 Å². The zero-order valence-corrected chi connectivity index (χ0v) is 19.5. The SMILES string of the molecule is Cc1cccc(OC[C@@H](O)Cn2c([C@H]3CC(=O)N(c4ccccc4)C3)nc3ccccc32)c1C. The molecule has 6 heteroatoms. The second-order valence-corrected chi connectivity index (χ2v) is 8.97. The number of hydrogen-bond acceptors (Lipinski definition) is 4. The van der Waals surface area contributed by atoms with Gasteiger partial charge in [-0.05, 0) is 55.3 Å². The van der Waals surface area contributed by atoms with Gasteiger partial charge in [-0.1, -0.05) is 42.5 Å². The Kier molecular flexibility index (Phi) is 6.07. The number of aliphatic hydroxyl groups is 1. The smallest absolute Gasteiger partial charge is 0.227 e. The van der Waals surface area contributed by atoms with Gasteiger partial charge in [-0.3, -0.25) is 4.79 Å². The lowest BCUT2D eigenvalue weighted by molar-refractivity contribution is -0.117. The Balaban J connectivity index is 1.38. The normalized spacial score (nSPS) is 16.9. The zero-order chi connectivity index (χ0) is 23.7. The third kappa shape index (κ3) is 4.29. The third-order valence-electron chi connectivity index (χ3n) is 6.62. The van der Waals surface area contributed by atoms with Crippen LogP contribution in [0.15, 0.2) is 72.8 Å². The van der Waals surface area contributed by atoms with Gasteiger partial charge in [-0.25, -0.2) is 4.98 Å². The van der Waals surface area contributed by atoms with Gasteiger partial charge < -0.3 is 19.3 Å². The van der Waals surface area contributed by atoms with Crippen molar-refractivity contribution in [3.63, 3.8) is 0 Å². The van der Waals surface area contributed by atoms with E-state index in [4.69, 9.17) is 9.72 Å². The largest absolute Gasteiger partial charge is 0.491 e. The lowest BCUT2D eigenvalue weighted by Gasteiger charge is -2.19. The molecule has 0 spiro atoms. The zero-order valence-electron chi connectivity index (χ0n) is 19.5. The highest BCUT2D eigenvalue weighted by Crippen LogP contribution is 2.33. The molecule has 2 atom stereocenters. The monoisotopic (exact) mass is 455 g/mol. The highest BCUT2D eigenvalue weighted by atomic mass is 16.5. The highest BCUT2D eigenvalue weighted by molar-refractivity contribution is 5.96. The number of para-hydroxylation sites is 3. The lowest BCUT2D eigenvalue weighted by atomic mass is 10.1. The lowest BCUT2D eigenvalue weighted by Crippen LogP contribution is -2.26. The van der Waals surface area contributed by atoms with E-state index in [-0.39, 0.29) is 18.4 Å². The fourth-order valence-electron chi connectivity index (χ4n) is 4.67. The molecule has 0 aliphatic carbocycles. The highest BCUT2D eigenvalue weighted by Gasteiger charge is 2.35. The van der Waals surface area contributed by atoms with Crippen molar-refractivity contribution in [1.82, 2.24) is 9.55 Å². The summed E-state index contributed by atoms with van der Waals surface area (Å²) in [5.74, 6) is 1.66. The van der Waals surface area contributed by atoms with E-state index < -0.39 is 6.10 Å². The summed E-state index contributed by atoms with van der Waals surface area (Å²) >= 11 is 0. The second-order valence-electron chi connectivity index (χ2n) is 8.97. The Labute approximate surface area is 199 Å². The molecule has 1 aliphatic rings. The quantitative estimate of drug-likeness (QED) is 0.442. The minimum absolute atomic E-state index is 0.0489. The summed E-state index contributed by atoms with van der Waals surface area (Å²) in [5.41, 5.74) is 4.96. The van der Waals surface area contributed by atoms with Gasteiger partial charge in [0, 0.05) is 24.6 Å². The van der Waals surface area contributed by atoms with Crippen molar-refractivity contribution in [2.45, 2.75) is 38.8 Å².